The molecule has 1 heterocycles. The van der Waals surface area contributed by atoms with E-state index < -0.39 is 9.85 Å². The van der Waals surface area contributed by atoms with E-state index in [2.05, 4.69) is 0 Å². The Morgan fingerprint density at radius 1 is 0.880 bits per heavy atom. The van der Waals surface area contributed by atoms with E-state index in [1.807, 2.05) is 0 Å². The van der Waals surface area contributed by atoms with Crippen LogP contribution in [0.4, 0.5) is 11.4 Å². The molecule has 0 fully saturated rings. The molecule has 0 saturated heterocycles. The highest BCUT2D eigenvalue weighted by atomic mass is 16.6. The quantitative estimate of drug-likeness (QED) is 0.487. The van der Waals surface area contributed by atoms with Crippen LogP contribution in [-0.4, -0.2) is 9.85 Å². The van der Waals surface area contributed by atoms with Gasteiger partial charge in [0, 0.05) is 23.8 Å². The van der Waals surface area contributed by atoms with Gasteiger partial charge in [-0.15, -0.1) is 0 Å². The third kappa shape index (κ3) is 3.63. The van der Waals surface area contributed by atoms with E-state index in [9.17, 15) is 20.2 Å². The maximum atomic E-state index is 11.0. The van der Waals surface area contributed by atoms with Gasteiger partial charge in [0.15, 0.2) is 5.75 Å². The molecular formula is C17H12N2O6. The Bertz CT molecular complexity index is 917. The lowest BCUT2D eigenvalue weighted by atomic mass is 10.1. The number of hydrogen-bond donors (Lipinski definition) is 0. The first-order valence-electron chi connectivity index (χ1n) is 7.24. The predicted molar refractivity (Wildman–Crippen MR) is 88.2 cm³/mol. The molecule has 0 atom stereocenters. The second-order valence-corrected chi connectivity index (χ2v) is 5.08. The van der Waals surface area contributed by atoms with Crippen LogP contribution in [0.2, 0.25) is 0 Å². The average molecular weight is 340 g/mol. The Hall–Kier alpha value is -3.68. The van der Waals surface area contributed by atoms with Crippen molar-refractivity contribution in [1.29, 1.82) is 0 Å². The molecule has 0 aliphatic rings. The van der Waals surface area contributed by atoms with Gasteiger partial charge in [0.1, 0.15) is 18.1 Å². The molecule has 0 saturated carbocycles. The van der Waals surface area contributed by atoms with Crippen LogP contribution in [0, 0.1) is 20.2 Å². The Morgan fingerprint density at radius 2 is 1.60 bits per heavy atom. The minimum atomic E-state index is -0.514. The van der Waals surface area contributed by atoms with E-state index in [4.69, 9.17) is 9.15 Å². The summed E-state index contributed by atoms with van der Waals surface area (Å²) in [5, 5.41) is 21.6. The largest absolute Gasteiger partial charge is 0.479 e. The van der Waals surface area contributed by atoms with Crippen LogP contribution in [0.3, 0.4) is 0 Å². The maximum Gasteiger partial charge on any atom is 0.310 e. The molecule has 0 unspecified atom stereocenters. The lowest BCUT2D eigenvalue weighted by Crippen LogP contribution is -1.97. The third-order valence-electron chi connectivity index (χ3n) is 3.46. The molecule has 25 heavy (non-hydrogen) atoms. The molecule has 3 aromatic rings. The number of nitro groups is 2. The summed E-state index contributed by atoms with van der Waals surface area (Å²) in [5.74, 6) is 1.16. The van der Waals surface area contributed by atoms with Gasteiger partial charge in [-0.3, -0.25) is 20.2 Å². The Balaban J connectivity index is 1.72. The first kappa shape index (κ1) is 16.2. The smallest absolute Gasteiger partial charge is 0.310 e. The summed E-state index contributed by atoms with van der Waals surface area (Å²) in [7, 11) is 0. The molecule has 126 valence electrons. The number of hydrogen-bond acceptors (Lipinski definition) is 6. The van der Waals surface area contributed by atoms with Gasteiger partial charge in [0.2, 0.25) is 0 Å². The molecule has 8 nitrogen and oxygen atoms in total. The molecule has 0 spiro atoms. The summed E-state index contributed by atoms with van der Waals surface area (Å²) in [6, 6.07) is 15.4. The van der Waals surface area contributed by atoms with Crippen molar-refractivity contribution in [3.05, 3.63) is 86.7 Å². The fourth-order valence-corrected chi connectivity index (χ4v) is 2.24. The molecule has 0 radical (unpaired) electrons. The fraction of sp³-hybridized carbons (Fsp3) is 0.0588. The number of nitro benzene ring substituents is 2. The van der Waals surface area contributed by atoms with E-state index in [1.165, 1.54) is 24.3 Å². The minimum absolute atomic E-state index is 0.00440. The Labute approximate surface area is 141 Å². The van der Waals surface area contributed by atoms with Gasteiger partial charge in [-0.2, -0.15) is 0 Å². The SMILES string of the molecule is O=[N+]([O-])c1ccc(-c2ccc(COc3ccccc3[N+](=O)[O-])o2)cc1. The van der Waals surface area contributed by atoms with Gasteiger partial charge in [-0.25, -0.2) is 0 Å². The van der Waals surface area contributed by atoms with Crippen molar-refractivity contribution in [2.75, 3.05) is 0 Å². The van der Waals surface area contributed by atoms with Crippen molar-refractivity contribution in [3.63, 3.8) is 0 Å². The second-order valence-electron chi connectivity index (χ2n) is 5.08. The summed E-state index contributed by atoms with van der Waals surface area (Å²) in [6.07, 6.45) is 0. The summed E-state index contributed by atoms with van der Waals surface area (Å²) in [6.45, 7) is 0.0256. The van der Waals surface area contributed by atoms with E-state index in [1.54, 1.807) is 36.4 Å². The Kier molecular flexibility index (Phi) is 4.42. The summed E-state index contributed by atoms with van der Waals surface area (Å²) >= 11 is 0. The van der Waals surface area contributed by atoms with Crippen molar-refractivity contribution in [3.8, 4) is 17.1 Å². The zero-order valence-corrected chi connectivity index (χ0v) is 12.8. The van der Waals surface area contributed by atoms with Crippen molar-refractivity contribution < 1.29 is 19.0 Å². The van der Waals surface area contributed by atoms with E-state index >= 15 is 0 Å². The van der Waals surface area contributed by atoms with Crippen LogP contribution in [0.5, 0.6) is 5.75 Å². The molecule has 0 bridgehead atoms. The standard InChI is InChI=1S/C17H12N2O6/c20-18(21)13-7-5-12(6-8-13)16-10-9-14(25-16)11-24-17-4-2-1-3-15(17)19(22)23/h1-10H,11H2. The lowest BCUT2D eigenvalue weighted by molar-refractivity contribution is -0.386. The number of non-ortho nitro benzene ring substituents is 1. The highest BCUT2D eigenvalue weighted by Gasteiger charge is 2.14. The highest BCUT2D eigenvalue weighted by molar-refractivity contribution is 5.59. The number of benzene rings is 2. The van der Waals surface area contributed by atoms with Gasteiger partial charge in [0.25, 0.3) is 5.69 Å². The fourth-order valence-electron chi connectivity index (χ4n) is 2.24. The number of furan rings is 1. The maximum absolute atomic E-state index is 11.0. The highest BCUT2D eigenvalue weighted by Crippen LogP contribution is 2.28. The topological polar surface area (TPSA) is 109 Å². The van der Waals surface area contributed by atoms with E-state index in [0.29, 0.717) is 17.1 Å². The number of nitrogens with zero attached hydrogens (tertiary/aromatic N) is 2. The first-order valence-corrected chi connectivity index (χ1v) is 7.24. The van der Waals surface area contributed by atoms with Crippen LogP contribution in [0.15, 0.2) is 65.1 Å². The third-order valence-corrected chi connectivity index (χ3v) is 3.46. The summed E-state index contributed by atoms with van der Waals surface area (Å²) in [4.78, 5) is 20.6. The molecule has 0 aliphatic heterocycles. The normalized spacial score (nSPS) is 10.4. The van der Waals surface area contributed by atoms with Crippen LogP contribution >= 0.6 is 0 Å². The lowest BCUT2D eigenvalue weighted by Gasteiger charge is -2.04. The Morgan fingerprint density at radius 3 is 2.28 bits per heavy atom. The minimum Gasteiger partial charge on any atom is -0.479 e. The van der Waals surface area contributed by atoms with Crippen molar-refractivity contribution >= 4 is 11.4 Å². The first-order chi connectivity index (χ1) is 12.0. The average Bonchev–Trinajstić information content (AvgIpc) is 3.09. The molecule has 8 heteroatoms. The zero-order valence-electron chi connectivity index (χ0n) is 12.8. The van der Waals surface area contributed by atoms with Crippen LogP contribution in [0.25, 0.3) is 11.3 Å². The second kappa shape index (κ2) is 6.83. The molecule has 2 aromatic carbocycles. The number of rotatable bonds is 6. The van der Waals surface area contributed by atoms with Gasteiger partial charge >= 0.3 is 5.69 Å². The van der Waals surface area contributed by atoms with Crippen molar-refractivity contribution in [1.82, 2.24) is 0 Å². The predicted octanol–water partition coefficient (Wildman–Crippen LogP) is 4.34. The number of para-hydroxylation sites is 2. The van der Waals surface area contributed by atoms with E-state index in [-0.39, 0.29) is 23.7 Å². The van der Waals surface area contributed by atoms with Gasteiger partial charge in [-0.05, 0) is 30.3 Å². The van der Waals surface area contributed by atoms with Crippen molar-refractivity contribution in [2.45, 2.75) is 6.61 Å². The van der Waals surface area contributed by atoms with Crippen LogP contribution < -0.4 is 4.74 Å². The van der Waals surface area contributed by atoms with Gasteiger partial charge in [0.05, 0.1) is 9.85 Å². The molecule has 1 aromatic heterocycles. The molecule has 0 aliphatic carbocycles. The molecule has 3 rings (SSSR count). The zero-order chi connectivity index (χ0) is 17.8. The monoisotopic (exact) mass is 340 g/mol. The van der Waals surface area contributed by atoms with Crippen LogP contribution in [-0.2, 0) is 6.61 Å². The van der Waals surface area contributed by atoms with Crippen molar-refractivity contribution in [2.24, 2.45) is 0 Å². The molecule has 0 amide bonds. The van der Waals surface area contributed by atoms with Gasteiger partial charge < -0.3 is 9.15 Å². The van der Waals surface area contributed by atoms with E-state index in [0.717, 1.165) is 0 Å². The van der Waals surface area contributed by atoms with Crippen LogP contribution in [0.1, 0.15) is 5.76 Å². The number of ether oxygens (including phenoxy) is 1. The summed E-state index contributed by atoms with van der Waals surface area (Å²) in [5.41, 5.74) is 0.558. The summed E-state index contributed by atoms with van der Waals surface area (Å²) < 4.78 is 11.1. The molecular weight excluding hydrogens is 328 g/mol. The van der Waals surface area contributed by atoms with Gasteiger partial charge in [-0.1, -0.05) is 12.1 Å². The molecule has 0 N–H and O–H groups in total.